The Morgan fingerprint density at radius 3 is 2.46 bits per heavy atom. The highest BCUT2D eigenvalue weighted by molar-refractivity contribution is 9.10. The van der Waals surface area contributed by atoms with Crippen molar-refractivity contribution in [1.29, 1.82) is 0 Å². The van der Waals surface area contributed by atoms with Crippen LogP contribution < -0.4 is 15.5 Å². The van der Waals surface area contributed by atoms with Crippen LogP contribution in [0.25, 0.3) is 0 Å². The molecular weight excluding hydrogens is 443 g/mol. The Morgan fingerprint density at radius 2 is 1.86 bits per heavy atom. The average Bonchev–Trinajstić information content (AvgIpc) is 2.68. The van der Waals surface area contributed by atoms with E-state index in [0.717, 1.165) is 30.7 Å². The van der Waals surface area contributed by atoms with E-state index in [1.165, 1.54) is 30.4 Å². The van der Waals surface area contributed by atoms with Crippen molar-refractivity contribution in [3.8, 4) is 0 Å². The summed E-state index contributed by atoms with van der Waals surface area (Å²) in [5.74, 6) is -1.03. The molecule has 0 aromatic heterocycles. The summed E-state index contributed by atoms with van der Waals surface area (Å²) in [7, 11) is 1.47. The van der Waals surface area contributed by atoms with Gasteiger partial charge in [-0.15, -0.1) is 0 Å². The number of hydrogen-bond donors (Lipinski definition) is 2. The topological polar surface area (TPSA) is 47.6 Å². The molecule has 1 aliphatic heterocycles. The van der Waals surface area contributed by atoms with Gasteiger partial charge in [-0.2, -0.15) is 0 Å². The van der Waals surface area contributed by atoms with Gasteiger partial charge in [0, 0.05) is 49.1 Å². The van der Waals surface area contributed by atoms with Crippen LogP contribution >= 0.6 is 28.1 Å². The molecule has 2 N–H and O–H groups in total. The summed E-state index contributed by atoms with van der Waals surface area (Å²) >= 11 is 8.99. The highest BCUT2D eigenvalue weighted by atomic mass is 79.9. The maximum Gasteiger partial charge on any atom is 0.253 e. The van der Waals surface area contributed by atoms with Crippen LogP contribution in [0.2, 0.25) is 0 Å². The van der Waals surface area contributed by atoms with Gasteiger partial charge >= 0.3 is 0 Å². The van der Waals surface area contributed by atoms with Gasteiger partial charge in [-0.05, 0) is 61.1 Å². The Bertz CT molecular complexity index is 900. The lowest BCUT2D eigenvalue weighted by atomic mass is 10.1. The maximum atomic E-state index is 14.1. The number of amides is 1. The molecule has 0 saturated carbocycles. The van der Waals surface area contributed by atoms with Crippen molar-refractivity contribution in [3.05, 3.63) is 57.8 Å². The summed E-state index contributed by atoms with van der Waals surface area (Å²) < 4.78 is 15.2. The first kappa shape index (κ1) is 20.5. The third kappa shape index (κ3) is 4.62. The number of hydrogen-bond acceptors (Lipinski definition) is 3. The first-order valence-electron chi connectivity index (χ1n) is 8.97. The molecule has 1 heterocycles. The summed E-state index contributed by atoms with van der Waals surface area (Å²) in [6.07, 6.45) is 0. The fraction of sp³-hybridized carbons (Fsp3) is 0.300. The Morgan fingerprint density at radius 1 is 1.14 bits per heavy atom. The zero-order valence-corrected chi connectivity index (χ0v) is 18.2. The molecule has 0 atom stereocenters. The van der Waals surface area contributed by atoms with Crippen LogP contribution in [0.4, 0.5) is 15.8 Å². The van der Waals surface area contributed by atoms with Crippen molar-refractivity contribution in [2.75, 3.05) is 43.4 Å². The van der Waals surface area contributed by atoms with Crippen LogP contribution in [0.1, 0.15) is 15.9 Å². The summed E-state index contributed by atoms with van der Waals surface area (Å²) in [6.45, 7) is 5.37. The van der Waals surface area contributed by atoms with E-state index in [0.29, 0.717) is 10.8 Å². The van der Waals surface area contributed by atoms with Crippen LogP contribution in [0.5, 0.6) is 0 Å². The van der Waals surface area contributed by atoms with E-state index < -0.39 is 11.7 Å². The second kappa shape index (κ2) is 8.87. The minimum atomic E-state index is -0.581. The van der Waals surface area contributed by atoms with Crippen molar-refractivity contribution in [2.45, 2.75) is 6.92 Å². The summed E-state index contributed by atoms with van der Waals surface area (Å²) in [5.41, 5.74) is 3.00. The van der Waals surface area contributed by atoms with Crippen molar-refractivity contribution >= 4 is 50.5 Å². The standard InChI is InChI=1S/C20H22BrFN4OS/c1-13-11-14(21)3-6-18(13)25-7-9-26(10-8-25)20(28)24-15-4-5-16(17(22)12-15)19(27)23-2/h3-6,11-12H,7-10H2,1-2H3,(H,23,27)(H,24,28). The fourth-order valence-corrected chi connectivity index (χ4v) is 4.01. The summed E-state index contributed by atoms with van der Waals surface area (Å²) in [5, 5.41) is 6.04. The van der Waals surface area contributed by atoms with Gasteiger partial charge in [0.1, 0.15) is 5.82 Å². The van der Waals surface area contributed by atoms with Crippen molar-refractivity contribution in [3.63, 3.8) is 0 Å². The molecule has 0 bridgehead atoms. The number of carbonyl (C=O) groups is 1. The van der Waals surface area contributed by atoms with Crippen LogP contribution in [-0.4, -0.2) is 49.1 Å². The molecule has 28 heavy (non-hydrogen) atoms. The number of anilines is 2. The van der Waals surface area contributed by atoms with Gasteiger partial charge < -0.3 is 20.4 Å². The number of aryl methyl sites for hydroxylation is 1. The highest BCUT2D eigenvalue weighted by Gasteiger charge is 2.20. The predicted molar refractivity (Wildman–Crippen MR) is 119 cm³/mol. The lowest BCUT2D eigenvalue weighted by Gasteiger charge is -2.38. The van der Waals surface area contributed by atoms with Crippen LogP contribution in [-0.2, 0) is 0 Å². The Hall–Kier alpha value is -2.19. The maximum absolute atomic E-state index is 14.1. The molecule has 1 saturated heterocycles. The summed E-state index contributed by atoms with van der Waals surface area (Å²) in [4.78, 5) is 16.0. The molecule has 0 unspecified atom stereocenters. The van der Waals surface area contributed by atoms with Gasteiger partial charge in [0.05, 0.1) is 5.56 Å². The molecule has 0 aliphatic carbocycles. The fourth-order valence-electron chi connectivity index (χ4n) is 3.24. The van der Waals surface area contributed by atoms with Crippen molar-refractivity contribution in [2.24, 2.45) is 0 Å². The highest BCUT2D eigenvalue weighted by Crippen LogP contribution is 2.25. The lowest BCUT2D eigenvalue weighted by molar-refractivity contribution is 0.0959. The van der Waals surface area contributed by atoms with Crippen LogP contribution in [0.15, 0.2) is 40.9 Å². The van der Waals surface area contributed by atoms with Crippen molar-refractivity contribution < 1.29 is 9.18 Å². The minimum absolute atomic E-state index is 0.0115. The zero-order valence-electron chi connectivity index (χ0n) is 15.8. The largest absolute Gasteiger partial charge is 0.368 e. The van der Waals surface area contributed by atoms with Gasteiger partial charge in [-0.1, -0.05) is 15.9 Å². The van der Waals surface area contributed by atoms with Gasteiger partial charge in [-0.25, -0.2) is 4.39 Å². The third-order valence-corrected chi connectivity index (χ3v) is 5.61. The molecule has 8 heteroatoms. The molecular formula is C20H22BrFN4OS. The van der Waals surface area contributed by atoms with E-state index in [9.17, 15) is 9.18 Å². The first-order chi connectivity index (χ1) is 13.4. The number of piperazine rings is 1. The number of rotatable bonds is 3. The normalized spacial score (nSPS) is 14.0. The molecule has 2 aromatic carbocycles. The minimum Gasteiger partial charge on any atom is -0.368 e. The summed E-state index contributed by atoms with van der Waals surface area (Å²) in [6, 6.07) is 10.7. The molecule has 1 amide bonds. The van der Waals surface area contributed by atoms with Crippen LogP contribution in [0, 0.1) is 12.7 Å². The van der Waals surface area contributed by atoms with Gasteiger partial charge in [0.25, 0.3) is 5.91 Å². The number of halogens is 2. The Labute approximate surface area is 178 Å². The monoisotopic (exact) mass is 464 g/mol. The number of nitrogens with one attached hydrogen (secondary N) is 2. The molecule has 5 nitrogen and oxygen atoms in total. The van der Waals surface area contributed by atoms with E-state index in [-0.39, 0.29) is 5.56 Å². The van der Waals surface area contributed by atoms with E-state index >= 15 is 0 Å². The Kier molecular flexibility index (Phi) is 6.51. The molecule has 1 fully saturated rings. The molecule has 2 aromatic rings. The van der Waals surface area contributed by atoms with Crippen molar-refractivity contribution in [1.82, 2.24) is 10.2 Å². The van der Waals surface area contributed by atoms with E-state index in [1.54, 1.807) is 6.07 Å². The second-order valence-corrected chi connectivity index (χ2v) is 7.91. The molecule has 0 spiro atoms. The lowest BCUT2D eigenvalue weighted by Crippen LogP contribution is -2.50. The SMILES string of the molecule is CNC(=O)c1ccc(NC(=S)N2CCN(c3ccc(Br)cc3C)CC2)cc1F. The van der Waals surface area contributed by atoms with Gasteiger partial charge in [0.15, 0.2) is 5.11 Å². The third-order valence-electron chi connectivity index (χ3n) is 4.76. The Balaban J connectivity index is 1.59. The van der Waals surface area contributed by atoms with E-state index in [2.05, 4.69) is 61.5 Å². The van der Waals surface area contributed by atoms with E-state index in [1.807, 2.05) is 0 Å². The number of thiocarbonyl (C=S) groups is 1. The first-order valence-corrected chi connectivity index (χ1v) is 10.2. The number of benzene rings is 2. The van der Waals surface area contributed by atoms with Crippen LogP contribution in [0.3, 0.4) is 0 Å². The van der Waals surface area contributed by atoms with E-state index in [4.69, 9.17) is 12.2 Å². The zero-order chi connectivity index (χ0) is 20.3. The predicted octanol–water partition coefficient (Wildman–Crippen LogP) is 3.78. The molecule has 3 rings (SSSR count). The molecule has 1 aliphatic rings. The van der Waals surface area contributed by atoms with Gasteiger partial charge in [-0.3, -0.25) is 4.79 Å². The quantitative estimate of drug-likeness (QED) is 0.676. The molecule has 0 radical (unpaired) electrons. The number of nitrogens with zero attached hydrogens (tertiary/aromatic N) is 2. The smallest absolute Gasteiger partial charge is 0.253 e. The number of carbonyl (C=O) groups excluding carboxylic acids is 1. The average molecular weight is 465 g/mol. The molecule has 148 valence electrons. The second-order valence-electron chi connectivity index (χ2n) is 6.61. The van der Waals surface area contributed by atoms with Gasteiger partial charge in [0.2, 0.25) is 0 Å².